The monoisotopic (exact) mass is 248 g/mol. The highest BCUT2D eigenvalue weighted by Crippen LogP contribution is 2.13. The van der Waals surface area contributed by atoms with Gasteiger partial charge >= 0.3 is 0 Å². The molecular formula is C15H24N2O. The standard InChI is InChI=1S/C15H24N2O/c1-17(2)14-9-7-13(8-10-14)12-15(18)6-4-3-5-11-16/h7-10H,3-6,11-12,16H2,1-2H3. The fourth-order valence-corrected chi connectivity index (χ4v) is 1.87. The predicted molar refractivity (Wildman–Crippen MR) is 77.0 cm³/mol. The van der Waals surface area contributed by atoms with Crippen LogP contribution < -0.4 is 10.6 Å². The molecule has 1 aromatic carbocycles. The molecule has 0 aliphatic rings. The number of unbranched alkanes of at least 4 members (excludes halogenated alkanes) is 2. The molecule has 100 valence electrons. The first-order valence-electron chi connectivity index (χ1n) is 6.61. The largest absolute Gasteiger partial charge is 0.378 e. The average Bonchev–Trinajstić information content (AvgIpc) is 2.35. The Balaban J connectivity index is 2.35. The van der Waals surface area contributed by atoms with Gasteiger partial charge in [0.2, 0.25) is 0 Å². The number of nitrogens with zero attached hydrogens (tertiary/aromatic N) is 1. The van der Waals surface area contributed by atoms with Gasteiger partial charge in [-0.25, -0.2) is 0 Å². The molecule has 0 spiro atoms. The summed E-state index contributed by atoms with van der Waals surface area (Å²) in [6.45, 7) is 0.722. The second kappa shape index (κ2) is 7.88. The fraction of sp³-hybridized carbons (Fsp3) is 0.533. The van der Waals surface area contributed by atoms with E-state index < -0.39 is 0 Å². The Kier molecular flexibility index (Phi) is 6.44. The fourth-order valence-electron chi connectivity index (χ4n) is 1.87. The third kappa shape index (κ3) is 5.32. The lowest BCUT2D eigenvalue weighted by Gasteiger charge is -2.12. The van der Waals surface area contributed by atoms with Crippen molar-refractivity contribution >= 4 is 11.5 Å². The first-order chi connectivity index (χ1) is 8.63. The lowest BCUT2D eigenvalue weighted by Crippen LogP contribution is -2.08. The Bertz CT molecular complexity index is 357. The van der Waals surface area contributed by atoms with Crippen LogP contribution in [0.1, 0.15) is 31.2 Å². The number of benzene rings is 1. The van der Waals surface area contributed by atoms with Crippen molar-refractivity contribution in [2.75, 3.05) is 25.5 Å². The molecule has 0 aromatic heterocycles. The van der Waals surface area contributed by atoms with Crippen molar-refractivity contribution in [3.63, 3.8) is 0 Å². The molecule has 1 aromatic rings. The van der Waals surface area contributed by atoms with Gasteiger partial charge in [-0.3, -0.25) is 4.79 Å². The van der Waals surface area contributed by atoms with E-state index in [2.05, 4.69) is 17.0 Å². The van der Waals surface area contributed by atoms with Crippen molar-refractivity contribution in [3.05, 3.63) is 29.8 Å². The van der Waals surface area contributed by atoms with Crippen molar-refractivity contribution in [1.82, 2.24) is 0 Å². The molecule has 3 heteroatoms. The van der Waals surface area contributed by atoms with Crippen LogP contribution in [0.15, 0.2) is 24.3 Å². The molecule has 18 heavy (non-hydrogen) atoms. The number of carbonyl (C=O) groups is 1. The van der Waals surface area contributed by atoms with Crippen LogP contribution in [-0.4, -0.2) is 26.4 Å². The minimum Gasteiger partial charge on any atom is -0.378 e. The van der Waals surface area contributed by atoms with E-state index in [9.17, 15) is 4.79 Å². The lowest BCUT2D eigenvalue weighted by molar-refractivity contribution is -0.118. The zero-order chi connectivity index (χ0) is 13.4. The maximum absolute atomic E-state index is 11.8. The van der Waals surface area contributed by atoms with Gasteiger partial charge in [-0.1, -0.05) is 18.6 Å². The number of Topliss-reactive ketones (excluding diaryl/α,β-unsaturated/α-hetero) is 1. The lowest BCUT2D eigenvalue weighted by atomic mass is 10.0. The molecule has 0 atom stereocenters. The van der Waals surface area contributed by atoms with E-state index in [1.165, 1.54) is 0 Å². The molecule has 0 amide bonds. The summed E-state index contributed by atoms with van der Waals surface area (Å²) in [5, 5.41) is 0. The van der Waals surface area contributed by atoms with Crippen LogP contribution in [0.3, 0.4) is 0 Å². The van der Waals surface area contributed by atoms with Gasteiger partial charge in [-0.05, 0) is 37.1 Å². The van der Waals surface area contributed by atoms with Gasteiger partial charge in [-0.2, -0.15) is 0 Å². The number of rotatable bonds is 8. The zero-order valence-corrected chi connectivity index (χ0v) is 11.5. The third-order valence-corrected chi connectivity index (χ3v) is 3.01. The molecule has 0 saturated heterocycles. The van der Waals surface area contributed by atoms with E-state index in [0.717, 1.165) is 37.1 Å². The number of ketones is 1. The van der Waals surface area contributed by atoms with Crippen molar-refractivity contribution in [2.45, 2.75) is 32.1 Å². The van der Waals surface area contributed by atoms with Crippen LogP contribution >= 0.6 is 0 Å². The third-order valence-electron chi connectivity index (χ3n) is 3.01. The molecule has 3 nitrogen and oxygen atoms in total. The summed E-state index contributed by atoms with van der Waals surface area (Å²) in [7, 11) is 4.02. The second-order valence-corrected chi connectivity index (χ2v) is 4.88. The van der Waals surface area contributed by atoms with Crippen LogP contribution in [0.5, 0.6) is 0 Å². The van der Waals surface area contributed by atoms with E-state index in [1.807, 2.05) is 26.2 Å². The Labute approximate surface area is 110 Å². The quantitative estimate of drug-likeness (QED) is 0.718. The maximum atomic E-state index is 11.8. The van der Waals surface area contributed by atoms with Gasteiger partial charge in [-0.15, -0.1) is 0 Å². The van der Waals surface area contributed by atoms with Crippen LogP contribution in [0, 0.1) is 0 Å². The van der Waals surface area contributed by atoms with Gasteiger partial charge in [0.25, 0.3) is 0 Å². The highest BCUT2D eigenvalue weighted by atomic mass is 16.1. The van der Waals surface area contributed by atoms with E-state index in [-0.39, 0.29) is 0 Å². The van der Waals surface area contributed by atoms with Gasteiger partial charge in [0.05, 0.1) is 0 Å². The summed E-state index contributed by atoms with van der Waals surface area (Å²) in [6.07, 6.45) is 4.27. The molecule has 1 rings (SSSR count). The van der Waals surface area contributed by atoms with E-state index in [0.29, 0.717) is 18.6 Å². The van der Waals surface area contributed by atoms with Crippen LogP contribution in [0.25, 0.3) is 0 Å². The Hall–Kier alpha value is -1.35. The van der Waals surface area contributed by atoms with Gasteiger partial charge in [0.15, 0.2) is 0 Å². The number of hydrogen-bond acceptors (Lipinski definition) is 3. The molecule has 0 aliphatic heterocycles. The molecule has 0 fully saturated rings. The summed E-state index contributed by atoms with van der Waals surface area (Å²) in [6, 6.07) is 8.17. The molecule has 0 radical (unpaired) electrons. The summed E-state index contributed by atoms with van der Waals surface area (Å²) >= 11 is 0. The second-order valence-electron chi connectivity index (χ2n) is 4.88. The smallest absolute Gasteiger partial charge is 0.137 e. The summed E-state index contributed by atoms with van der Waals surface area (Å²) in [5.41, 5.74) is 7.68. The van der Waals surface area contributed by atoms with Gasteiger partial charge < -0.3 is 10.6 Å². The highest BCUT2D eigenvalue weighted by Gasteiger charge is 2.04. The van der Waals surface area contributed by atoms with E-state index in [1.54, 1.807) is 0 Å². The Morgan fingerprint density at radius 2 is 1.78 bits per heavy atom. The van der Waals surface area contributed by atoms with Crippen molar-refractivity contribution in [3.8, 4) is 0 Å². The maximum Gasteiger partial charge on any atom is 0.137 e. The highest BCUT2D eigenvalue weighted by molar-refractivity contribution is 5.80. The molecular weight excluding hydrogens is 224 g/mol. The number of nitrogens with two attached hydrogens (primary N) is 1. The van der Waals surface area contributed by atoms with Crippen molar-refractivity contribution in [1.29, 1.82) is 0 Å². The first kappa shape index (κ1) is 14.7. The molecule has 0 unspecified atom stereocenters. The topological polar surface area (TPSA) is 46.3 Å². The number of hydrogen-bond donors (Lipinski definition) is 1. The van der Waals surface area contributed by atoms with Gasteiger partial charge in [0.1, 0.15) is 5.78 Å². The Morgan fingerprint density at radius 1 is 1.11 bits per heavy atom. The van der Waals surface area contributed by atoms with Crippen molar-refractivity contribution < 1.29 is 4.79 Å². The first-order valence-corrected chi connectivity index (χ1v) is 6.61. The van der Waals surface area contributed by atoms with Gasteiger partial charge in [0, 0.05) is 32.6 Å². The Morgan fingerprint density at radius 3 is 2.33 bits per heavy atom. The summed E-state index contributed by atoms with van der Waals surface area (Å²) in [5.74, 6) is 0.324. The molecule has 2 N–H and O–H groups in total. The SMILES string of the molecule is CN(C)c1ccc(CC(=O)CCCCCN)cc1. The minimum absolute atomic E-state index is 0.324. The normalized spacial score (nSPS) is 10.4. The number of carbonyl (C=O) groups excluding carboxylic acids is 1. The predicted octanol–water partition coefficient (Wildman–Crippen LogP) is 2.38. The van der Waals surface area contributed by atoms with Crippen LogP contribution in [0.4, 0.5) is 5.69 Å². The summed E-state index contributed by atoms with van der Waals surface area (Å²) in [4.78, 5) is 13.8. The van der Waals surface area contributed by atoms with Crippen LogP contribution in [0.2, 0.25) is 0 Å². The van der Waals surface area contributed by atoms with Crippen molar-refractivity contribution in [2.24, 2.45) is 5.73 Å². The molecule has 0 saturated carbocycles. The molecule has 0 aliphatic carbocycles. The van der Waals surface area contributed by atoms with E-state index >= 15 is 0 Å². The molecule has 0 heterocycles. The molecule has 0 bridgehead atoms. The van der Waals surface area contributed by atoms with Crippen LogP contribution in [-0.2, 0) is 11.2 Å². The number of anilines is 1. The van der Waals surface area contributed by atoms with E-state index in [4.69, 9.17) is 5.73 Å². The average molecular weight is 248 g/mol. The zero-order valence-electron chi connectivity index (χ0n) is 11.5. The summed E-state index contributed by atoms with van der Waals surface area (Å²) < 4.78 is 0. The minimum atomic E-state index is 0.324.